The lowest BCUT2D eigenvalue weighted by atomic mass is 9.84. The number of aliphatic carboxylic acids is 1. The molecule has 1 amide bonds. The van der Waals surface area contributed by atoms with Gasteiger partial charge in [0.25, 0.3) is 0 Å². The molecule has 4 heteroatoms. The lowest BCUT2D eigenvalue weighted by Crippen LogP contribution is -2.47. The maximum atomic E-state index is 12.2. The average Bonchev–Trinajstić information content (AvgIpc) is 2.70. The third-order valence-corrected chi connectivity index (χ3v) is 4.88. The van der Waals surface area contributed by atoms with Gasteiger partial charge >= 0.3 is 5.97 Å². The average molecular weight is 237 g/mol. The monoisotopic (exact) mass is 237 g/mol. The number of hydrogen-bond acceptors (Lipinski definition) is 2. The fourth-order valence-corrected chi connectivity index (χ4v) is 3.74. The van der Waals surface area contributed by atoms with E-state index in [4.69, 9.17) is 0 Å². The Kier molecular flexibility index (Phi) is 2.60. The SMILES string of the molecule is O=C(O)C1C2CCCC2CN1C(=O)C1CCC1. The predicted molar refractivity (Wildman–Crippen MR) is 61.3 cm³/mol. The molecular formula is C13H19NO3. The van der Waals surface area contributed by atoms with Gasteiger partial charge in [0.2, 0.25) is 5.91 Å². The van der Waals surface area contributed by atoms with Crippen LogP contribution in [0.5, 0.6) is 0 Å². The minimum atomic E-state index is -0.799. The third-order valence-electron chi connectivity index (χ3n) is 4.88. The summed E-state index contributed by atoms with van der Waals surface area (Å²) < 4.78 is 0. The van der Waals surface area contributed by atoms with Gasteiger partial charge in [-0.3, -0.25) is 4.79 Å². The summed E-state index contributed by atoms with van der Waals surface area (Å²) in [4.78, 5) is 25.3. The Morgan fingerprint density at radius 1 is 1.06 bits per heavy atom. The number of carboxylic acids is 1. The van der Waals surface area contributed by atoms with Crippen molar-refractivity contribution in [3.05, 3.63) is 0 Å². The van der Waals surface area contributed by atoms with Crippen LogP contribution in [0, 0.1) is 17.8 Å². The summed E-state index contributed by atoms with van der Waals surface area (Å²) in [6.45, 7) is 0.691. The largest absolute Gasteiger partial charge is 0.480 e. The second-order valence-electron chi connectivity index (χ2n) is 5.76. The number of fused-ring (bicyclic) bond motifs is 1. The molecule has 17 heavy (non-hydrogen) atoms. The van der Waals surface area contributed by atoms with E-state index in [9.17, 15) is 14.7 Å². The van der Waals surface area contributed by atoms with Crippen LogP contribution in [-0.4, -0.2) is 34.5 Å². The number of nitrogens with zero attached hydrogens (tertiary/aromatic N) is 1. The van der Waals surface area contributed by atoms with Crippen LogP contribution < -0.4 is 0 Å². The van der Waals surface area contributed by atoms with Gasteiger partial charge < -0.3 is 10.0 Å². The maximum Gasteiger partial charge on any atom is 0.326 e. The van der Waals surface area contributed by atoms with Crippen molar-refractivity contribution in [2.75, 3.05) is 6.54 Å². The minimum Gasteiger partial charge on any atom is -0.480 e. The molecule has 3 unspecified atom stereocenters. The Balaban J connectivity index is 1.79. The molecule has 0 aromatic rings. The van der Waals surface area contributed by atoms with Gasteiger partial charge in [-0.05, 0) is 37.5 Å². The van der Waals surface area contributed by atoms with Crippen LogP contribution in [0.4, 0.5) is 0 Å². The summed E-state index contributed by atoms with van der Waals surface area (Å²) in [6.07, 6.45) is 6.24. The van der Waals surface area contributed by atoms with Crippen molar-refractivity contribution in [3.63, 3.8) is 0 Å². The van der Waals surface area contributed by atoms with Crippen LogP contribution in [-0.2, 0) is 9.59 Å². The van der Waals surface area contributed by atoms with E-state index in [1.807, 2.05) is 0 Å². The van der Waals surface area contributed by atoms with E-state index in [1.165, 1.54) is 0 Å². The molecule has 94 valence electrons. The Morgan fingerprint density at radius 3 is 2.35 bits per heavy atom. The van der Waals surface area contributed by atoms with Crippen molar-refractivity contribution in [1.82, 2.24) is 4.90 Å². The fraction of sp³-hybridized carbons (Fsp3) is 0.846. The molecule has 0 aromatic heterocycles. The van der Waals surface area contributed by atoms with E-state index in [0.29, 0.717) is 12.5 Å². The molecule has 3 rings (SSSR count). The van der Waals surface area contributed by atoms with Gasteiger partial charge in [-0.25, -0.2) is 4.79 Å². The molecule has 3 aliphatic rings. The number of amides is 1. The van der Waals surface area contributed by atoms with Crippen molar-refractivity contribution in [3.8, 4) is 0 Å². The number of carbonyl (C=O) groups excluding carboxylic acids is 1. The maximum absolute atomic E-state index is 12.2. The first kappa shape index (κ1) is 11.1. The van der Waals surface area contributed by atoms with E-state index >= 15 is 0 Å². The molecule has 1 N–H and O–H groups in total. The number of carbonyl (C=O) groups is 2. The topological polar surface area (TPSA) is 57.6 Å². The standard InChI is InChI=1S/C13H19NO3/c15-12(8-3-1-4-8)14-7-9-5-2-6-10(9)11(14)13(16)17/h8-11H,1-7H2,(H,16,17). The van der Waals surface area contributed by atoms with E-state index in [2.05, 4.69) is 0 Å². The highest BCUT2D eigenvalue weighted by Gasteiger charge is 2.50. The normalized spacial score (nSPS) is 36.7. The molecule has 0 radical (unpaired) electrons. The second-order valence-corrected chi connectivity index (χ2v) is 5.76. The van der Waals surface area contributed by atoms with Gasteiger partial charge in [0.05, 0.1) is 0 Å². The quantitative estimate of drug-likeness (QED) is 0.791. The summed E-state index contributed by atoms with van der Waals surface area (Å²) in [5, 5.41) is 9.36. The predicted octanol–water partition coefficient (Wildman–Crippen LogP) is 1.50. The van der Waals surface area contributed by atoms with Crippen LogP contribution in [0.2, 0.25) is 0 Å². The molecular weight excluding hydrogens is 218 g/mol. The van der Waals surface area contributed by atoms with Crippen molar-refractivity contribution < 1.29 is 14.7 Å². The van der Waals surface area contributed by atoms with Crippen molar-refractivity contribution in [2.45, 2.75) is 44.6 Å². The summed E-state index contributed by atoms with van der Waals surface area (Å²) in [5.41, 5.74) is 0. The molecule has 4 nitrogen and oxygen atoms in total. The van der Waals surface area contributed by atoms with Crippen molar-refractivity contribution in [2.24, 2.45) is 17.8 Å². The van der Waals surface area contributed by atoms with Gasteiger partial charge in [-0.1, -0.05) is 12.8 Å². The lowest BCUT2D eigenvalue weighted by molar-refractivity contribution is -0.152. The highest BCUT2D eigenvalue weighted by molar-refractivity contribution is 5.86. The van der Waals surface area contributed by atoms with E-state index < -0.39 is 12.0 Å². The van der Waals surface area contributed by atoms with E-state index in [0.717, 1.165) is 38.5 Å². The second kappa shape index (κ2) is 4.00. The Morgan fingerprint density at radius 2 is 1.76 bits per heavy atom. The highest BCUT2D eigenvalue weighted by atomic mass is 16.4. The molecule has 2 aliphatic carbocycles. The van der Waals surface area contributed by atoms with E-state index in [-0.39, 0.29) is 17.7 Å². The van der Waals surface area contributed by atoms with Crippen LogP contribution >= 0.6 is 0 Å². The zero-order chi connectivity index (χ0) is 12.0. The zero-order valence-corrected chi connectivity index (χ0v) is 9.97. The summed E-state index contributed by atoms with van der Waals surface area (Å²) in [7, 11) is 0. The molecule has 2 saturated carbocycles. The Bertz CT molecular complexity index is 351. The van der Waals surface area contributed by atoms with Gasteiger partial charge in [0, 0.05) is 12.5 Å². The number of likely N-dealkylation sites (tertiary alicyclic amines) is 1. The summed E-state index contributed by atoms with van der Waals surface area (Å²) in [6, 6.07) is -0.532. The first-order valence-electron chi connectivity index (χ1n) is 6.72. The Hall–Kier alpha value is -1.06. The van der Waals surface area contributed by atoms with Gasteiger partial charge in [-0.15, -0.1) is 0 Å². The molecule has 0 spiro atoms. The molecule has 1 saturated heterocycles. The molecule has 1 heterocycles. The molecule has 1 aliphatic heterocycles. The molecule has 0 aromatic carbocycles. The Labute approximate surface area is 101 Å². The summed E-state index contributed by atoms with van der Waals surface area (Å²) in [5.74, 6) is 0.0949. The molecule has 3 atom stereocenters. The minimum absolute atomic E-state index is 0.109. The smallest absolute Gasteiger partial charge is 0.326 e. The number of rotatable bonds is 2. The van der Waals surface area contributed by atoms with Crippen LogP contribution in [0.3, 0.4) is 0 Å². The van der Waals surface area contributed by atoms with Crippen LogP contribution in [0.25, 0.3) is 0 Å². The number of hydrogen-bond donors (Lipinski definition) is 1. The van der Waals surface area contributed by atoms with Crippen molar-refractivity contribution >= 4 is 11.9 Å². The fourth-order valence-electron chi connectivity index (χ4n) is 3.74. The first-order valence-corrected chi connectivity index (χ1v) is 6.72. The van der Waals surface area contributed by atoms with Crippen LogP contribution in [0.15, 0.2) is 0 Å². The zero-order valence-electron chi connectivity index (χ0n) is 9.97. The third kappa shape index (κ3) is 1.65. The van der Waals surface area contributed by atoms with Gasteiger partial charge in [-0.2, -0.15) is 0 Å². The van der Waals surface area contributed by atoms with Gasteiger partial charge in [0.1, 0.15) is 6.04 Å². The molecule has 0 bridgehead atoms. The summed E-state index contributed by atoms with van der Waals surface area (Å²) >= 11 is 0. The molecule has 3 fully saturated rings. The number of carboxylic acid groups (broad SMARTS) is 1. The van der Waals surface area contributed by atoms with Gasteiger partial charge in [0.15, 0.2) is 0 Å². The van der Waals surface area contributed by atoms with Crippen LogP contribution in [0.1, 0.15) is 38.5 Å². The lowest BCUT2D eigenvalue weighted by Gasteiger charge is -2.32. The van der Waals surface area contributed by atoms with E-state index in [1.54, 1.807) is 4.90 Å². The highest BCUT2D eigenvalue weighted by Crippen LogP contribution is 2.43. The first-order chi connectivity index (χ1) is 8.18. The van der Waals surface area contributed by atoms with Crippen molar-refractivity contribution in [1.29, 1.82) is 0 Å².